The Morgan fingerprint density at radius 1 is 1.15 bits per heavy atom. The van der Waals surface area contributed by atoms with Crippen molar-refractivity contribution < 1.29 is 18.0 Å². The molecule has 10 heteroatoms. The van der Waals surface area contributed by atoms with Crippen molar-refractivity contribution in [1.29, 1.82) is 5.26 Å². The third-order valence-corrected chi connectivity index (χ3v) is 8.38. The monoisotopic (exact) mass is 562 g/mol. The van der Waals surface area contributed by atoms with Crippen LogP contribution in [0.15, 0.2) is 54.9 Å². The molecule has 1 aromatic carbocycles. The average molecular weight is 563 g/mol. The van der Waals surface area contributed by atoms with Crippen LogP contribution in [-0.2, 0) is 22.8 Å². The van der Waals surface area contributed by atoms with E-state index < -0.39 is 17.2 Å². The SMILES string of the molecule is CCc1ncccc1-c1ccc(C2(C(=O)N[C@@H]3CCN(C)C3)CCN(c3ccc(C(F)(F)F)cc3C#N)CC2)cn1. The van der Waals surface area contributed by atoms with E-state index in [-0.39, 0.29) is 17.5 Å². The van der Waals surface area contributed by atoms with Gasteiger partial charge in [-0.2, -0.15) is 18.4 Å². The lowest BCUT2D eigenvalue weighted by molar-refractivity contribution is -0.137. The molecule has 7 nitrogen and oxygen atoms in total. The Kier molecular flexibility index (Phi) is 8.00. The Labute approximate surface area is 238 Å². The number of nitrogens with zero attached hydrogens (tertiary/aromatic N) is 5. The van der Waals surface area contributed by atoms with Gasteiger partial charge in [0.25, 0.3) is 0 Å². The van der Waals surface area contributed by atoms with Crippen molar-refractivity contribution in [2.45, 2.75) is 50.2 Å². The van der Waals surface area contributed by atoms with E-state index in [1.165, 1.54) is 6.07 Å². The van der Waals surface area contributed by atoms with Crippen LogP contribution in [0.4, 0.5) is 18.9 Å². The van der Waals surface area contributed by atoms with Gasteiger partial charge in [0.2, 0.25) is 5.91 Å². The molecule has 0 bridgehead atoms. The largest absolute Gasteiger partial charge is 0.416 e. The number of amides is 1. The molecule has 5 rings (SSSR count). The number of hydrogen-bond acceptors (Lipinski definition) is 6. The van der Waals surface area contributed by atoms with Crippen LogP contribution in [0.3, 0.4) is 0 Å². The van der Waals surface area contributed by atoms with E-state index in [4.69, 9.17) is 4.98 Å². The second-order valence-electron chi connectivity index (χ2n) is 10.9. The number of aryl methyl sites for hydroxylation is 1. The first kappa shape index (κ1) is 28.6. The van der Waals surface area contributed by atoms with E-state index in [9.17, 15) is 23.2 Å². The molecule has 2 saturated heterocycles. The number of anilines is 1. The van der Waals surface area contributed by atoms with Crippen molar-refractivity contribution in [3.63, 3.8) is 0 Å². The number of halogens is 3. The zero-order valence-corrected chi connectivity index (χ0v) is 23.2. The molecule has 1 N–H and O–H groups in total. The third kappa shape index (κ3) is 5.77. The quantitative estimate of drug-likeness (QED) is 0.458. The van der Waals surface area contributed by atoms with Gasteiger partial charge in [0.05, 0.1) is 27.9 Å². The van der Waals surface area contributed by atoms with Crippen molar-refractivity contribution in [2.75, 3.05) is 38.1 Å². The van der Waals surface area contributed by atoms with E-state index in [1.807, 2.05) is 49.2 Å². The number of alkyl halides is 3. The van der Waals surface area contributed by atoms with Crippen LogP contribution >= 0.6 is 0 Å². The van der Waals surface area contributed by atoms with Gasteiger partial charge in [0, 0.05) is 49.3 Å². The van der Waals surface area contributed by atoms with Crippen LogP contribution in [0.2, 0.25) is 0 Å². The lowest BCUT2D eigenvalue weighted by Gasteiger charge is -2.42. The molecule has 41 heavy (non-hydrogen) atoms. The Bertz CT molecular complexity index is 1440. The number of nitriles is 1. The van der Waals surface area contributed by atoms with Gasteiger partial charge >= 0.3 is 6.18 Å². The highest BCUT2D eigenvalue weighted by Crippen LogP contribution is 2.40. The molecule has 0 aliphatic carbocycles. The Morgan fingerprint density at radius 2 is 1.93 bits per heavy atom. The third-order valence-electron chi connectivity index (χ3n) is 8.38. The molecule has 1 atom stereocenters. The first-order valence-corrected chi connectivity index (χ1v) is 13.9. The van der Waals surface area contributed by atoms with Crippen LogP contribution in [-0.4, -0.2) is 60.0 Å². The van der Waals surface area contributed by atoms with E-state index in [0.29, 0.717) is 31.6 Å². The Balaban J connectivity index is 1.44. The Hall–Kier alpha value is -3.97. The highest BCUT2D eigenvalue weighted by atomic mass is 19.4. The molecule has 2 aliphatic rings. The standard InChI is InChI=1S/C31H33F3N6O/c1-3-26-25(5-4-13-36-26)27-8-6-23(19-37-27)30(29(41)38-24-10-14-39(2)20-24)11-15-40(16-12-30)28-9-7-22(31(32,33)34)17-21(28)18-35/h4-9,13,17,19,24H,3,10-12,14-16,20H2,1-2H3,(H,38,41)/t24-/m1/s1. The van der Waals surface area contributed by atoms with Gasteiger partial charge in [-0.1, -0.05) is 13.0 Å². The molecule has 2 fully saturated rings. The molecule has 1 amide bonds. The number of pyridine rings is 2. The molecule has 2 aromatic heterocycles. The summed E-state index contributed by atoms with van der Waals surface area (Å²) in [6.07, 6.45) is 1.52. The molecule has 0 unspecified atom stereocenters. The molecule has 2 aliphatic heterocycles. The van der Waals surface area contributed by atoms with Gasteiger partial charge in [-0.15, -0.1) is 0 Å². The van der Waals surface area contributed by atoms with Gasteiger partial charge in [-0.3, -0.25) is 14.8 Å². The molecular formula is C31H33F3N6O. The van der Waals surface area contributed by atoms with Gasteiger partial charge < -0.3 is 15.1 Å². The van der Waals surface area contributed by atoms with E-state index in [2.05, 4.69) is 15.2 Å². The van der Waals surface area contributed by atoms with Crippen LogP contribution in [0.25, 0.3) is 11.3 Å². The molecule has 214 valence electrons. The van der Waals surface area contributed by atoms with Crippen molar-refractivity contribution >= 4 is 11.6 Å². The molecule has 4 heterocycles. The van der Waals surface area contributed by atoms with Crippen molar-refractivity contribution in [2.24, 2.45) is 0 Å². The molecule has 3 aromatic rings. The summed E-state index contributed by atoms with van der Waals surface area (Å²) in [5.41, 5.74) is 2.20. The second kappa shape index (κ2) is 11.5. The number of likely N-dealkylation sites (N-methyl/N-ethyl adjacent to an activating group) is 1. The summed E-state index contributed by atoms with van der Waals surface area (Å²) in [5.74, 6) is -0.0597. The van der Waals surface area contributed by atoms with Crippen molar-refractivity contribution in [1.82, 2.24) is 20.2 Å². The number of benzene rings is 1. The smallest absolute Gasteiger partial charge is 0.370 e. The maximum atomic E-state index is 14.0. The van der Waals surface area contributed by atoms with E-state index >= 15 is 0 Å². The van der Waals surface area contributed by atoms with Gasteiger partial charge in [0.1, 0.15) is 6.07 Å². The summed E-state index contributed by atoms with van der Waals surface area (Å²) in [6, 6.07) is 13.0. The average Bonchev–Trinajstić information content (AvgIpc) is 3.40. The predicted molar refractivity (Wildman–Crippen MR) is 150 cm³/mol. The van der Waals surface area contributed by atoms with Gasteiger partial charge in [-0.05, 0) is 81.2 Å². The number of carbonyl (C=O) groups is 1. The normalized spacial score (nSPS) is 19.1. The number of aromatic nitrogens is 2. The molecule has 0 radical (unpaired) electrons. The minimum atomic E-state index is -4.53. The van der Waals surface area contributed by atoms with E-state index in [0.717, 1.165) is 60.6 Å². The van der Waals surface area contributed by atoms with Gasteiger partial charge in [0.15, 0.2) is 0 Å². The van der Waals surface area contributed by atoms with Crippen LogP contribution in [0.5, 0.6) is 0 Å². The molecular weight excluding hydrogens is 529 g/mol. The summed E-state index contributed by atoms with van der Waals surface area (Å²) in [4.78, 5) is 27.3. The zero-order valence-electron chi connectivity index (χ0n) is 23.2. The highest BCUT2D eigenvalue weighted by Gasteiger charge is 2.44. The lowest BCUT2D eigenvalue weighted by Crippen LogP contribution is -2.54. The first-order chi connectivity index (χ1) is 19.6. The van der Waals surface area contributed by atoms with Crippen LogP contribution in [0.1, 0.15) is 48.6 Å². The number of piperidine rings is 1. The lowest BCUT2D eigenvalue weighted by atomic mass is 9.72. The minimum Gasteiger partial charge on any atom is -0.370 e. The van der Waals surface area contributed by atoms with E-state index in [1.54, 1.807) is 12.4 Å². The molecule has 0 spiro atoms. The van der Waals surface area contributed by atoms with Crippen LogP contribution < -0.4 is 10.2 Å². The maximum Gasteiger partial charge on any atom is 0.416 e. The number of likely N-dealkylation sites (tertiary alicyclic amines) is 1. The predicted octanol–water partition coefficient (Wildman–Crippen LogP) is 4.95. The summed E-state index contributed by atoms with van der Waals surface area (Å²) in [6.45, 7) is 4.55. The number of rotatable bonds is 6. The van der Waals surface area contributed by atoms with Crippen molar-refractivity contribution in [3.05, 3.63) is 77.2 Å². The zero-order chi connectivity index (χ0) is 29.2. The fraction of sp³-hybridized carbons (Fsp3) is 0.419. The second-order valence-corrected chi connectivity index (χ2v) is 10.9. The summed E-state index contributed by atoms with van der Waals surface area (Å²) < 4.78 is 39.7. The van der Waals surface area contributed by atoms with Gasteiger partial charge in [-0.25, -0.2) is 0 Å². The number of carbonyl (C=O) groups excluding carboxylic acids is 1. The Morgan fingerprint density at radius 3 is 2.54 bits per heavy atom. The number of hydrogen-bond donors (Lipinski definition) is 1. The number of nitrogens with one attached hydrogen (secondary N) is 1. The summed E-state index contributed by atoms with van der Waals surface area (Å²) in [7, 11) is 2.03. The molecule has 0 saturated carbocycles. The van der Waals surface area contributed by atoms with Crippen LogP contribution in [0, 0.1) is 11.3 Å². The maximum absolute atomic E-state index is 14.0. The first-order valence-electron chi connectivity index (χ1n) is 13.9. The summed E-state index contributed by atoms with van der Waals surface area (Å²) >= 11 is 0. The topological polar surface area (TPSA) is 85.2 Å². The summed E-state index contributed by atoms with van der Waals surface area (Å²) in [5, 5.41) is 12.9. The fourth-order valence-corrected chi connectivity index (χ4v) is 6.02. The minimum absolute atomic E-state index is 0.0278. The highest BCUT2D eigenvalue weighted by molar-refractivity contribution is 5.89. The van der Waals surface area contributed by atoms with Crippen molar-refractivity contribution in [3.8, 4) is 17.3 Å². The fourth-order valence-electron chi connectivity index (χ4n) is 6.02.